The fraction of sp³-hybridized carbons (Fsp3) is 0.481. The molecule has 3 rings (SSSR count). The SMILES string of the molecule is CCC(C(=O)NC1CCCCC1)N(Cc1ccc(C)cc1)C(=O)CN(c1ccc(I)cc1)S(C)(=O)=O. The van der Waals surface area contributed by atoms with Gasteiger partial charge in [-0.25, -0.2) is 8.42 Å². The molecule has 1 unspecified atom stereocenters. The molecular weight excluding hydrogens is 589 g/mol. The summed E-state index contributed by atoms with van der Waals surface area (Å²) in [6.07, 6.45) is 6.78. The number of aryl methyl sites for hydroxylation is 1. The molecule has 0 aromatic heterocycles. The first kappa shape index (κ1) is 28.4. The maximum Gasteiger partial charge on any atom is 0.244 e. The van der Waals surface area contributed by atoms with Crippen molar-refractivity contribution in [3.63, 3.8) is 0 Å². The van der Waals surface area contributed by atoms with Gasteiger partial charge in [0.2, 0.25) is 21.8 Å². The molecule has 2 amide bonds. The Morgan fingerprint density at radius 2 is 1.64 bits per heavy atom. The van der Waals surface area contributed by atoms with Crippen LogP contribution in [0.1, 0.15) is 56.6 Å². The minimum atomic E-state index is -3.73. The third-order valence-corrected chi connectivity index (χ3v) is 8.46. The van der Waals surface area contributed by atoms with Gasteiger partial charge in [0, 0.05) is 16.2 Å². The zero-order chi connectivity index (χ0) is 26.3. The molecular formula is C27H36IN3O4S. The van der Waals surface area contributed by atoms with Gasteiger partial charge in [-0.3, -0.25) is 13.9 Å². The average molecular weight is 626 g/mol. The lowest BCUT2D eigenvalue weighted by Crippen LogP contribution is -2.53. The van der Waals surface area contributed by atoms with E-state index in [4.69, 9.17) is 0 Å². The molecule has 1 N–H and O–H groups in total. The van der Waals surface area contributed by atoms with E-state index in [-0.39, 0.29) is 25.0 Å². The minimum absolute atomic E-state index is 0.121. The fourth-order valence-corrected chi connectivity index (χ4v) is 5.78. The van der Waals surface area contributed by atoms with Crippen molar-refractivity contribution in [1.29, 1.82) is 0 Å². The molecule has 2 aromatic carbocycles. The van der Waals surface area contributed by atoms with Gasteiger partial charge in [-0.15, -0.1) is 0 Å². The normalized spacial score (nSPS) is 15.2. The summed E-state index contributed by atoms with van der Waals surface area (Å²) in [5.74, 6) is -0.588. The van der Waals surface area contributed by atoms with Crippen molar-refractivity contribution in [2.45, 2.75) is 71.0 Å². The van der Waals surface area contributed by atoms with Gasteiger partial charge in [0.1, 0.15) is 12.6 Å². The summed E-state index contributed by atoms with van der Waals surface area (Å²) in [4.78, 5) is 28.7. The predicted octanol–water partition coefficient (Wildman–Crippen LogP) is 4.62. The van der Waals surface area contributed by atoms with E-state index >= 15 is 0 Å². The molecule has 9 heteroatoms. The van der Waals surface area contributed by atoms with Crippen molar-refractivity contribution < 1.29 is 18.0 Å². The molecule has 0 aliphatic heterocycles. The van der Waals surface area contributed by atoms with Crippen LogP contribution in [0.15, 0.2) is 48.5 Å². The summed E-state index contributed by atoms with van der Waals surface area (Å²) in [5.41, 5.74) is 2.40. The second-order valence-corrected chi connectivity index (χ2v) is 12.7. The van der Waals surface area contributed by atoms with Crippen molar-refractivity contribution >= 4 is 50.1 Å². The molecule has 1 fully saturated rings. The molecule has 196 valence electrons. The Bertz CT molecular complexity index is 1130. The Balaban J connectivity index is 1.89. The molecule has 0 radical (unpaired) electrons. The summed E-state index contributed by atoms with van der Waals surface area (Å²) < 4.78 is 27.4. The summed E-state index contributed by atoms with van der Waals surface area (Å²) in [5, 5.41) is 3.16. The number of carbonyl (C=O) groups excluding carboxylic acids is 2. The van der Waals surface area contributed by atoms with E-state index in [0.717, 1.165) is 50.9 Å². The van der Waals surface area contributed by atoms with E-state index in [0.29, 0.717) is 12.1 Å². The number of hydrogen-bond donors (Lipinski definition) is 1. The minimum Gasteiger partial charge on any atom is -0.352 e. The van der Waals surface area contributed by atoms with Gasteiger partial charge in [-0.1, -0.05) is 56.0 Å². The number of rotatable bonds is 10. The van der Waals surface area contributed by atoms with Crippen LogP contribution < -0.4 is 9.62 Å². The number of hydrogen-bond acceptors (Lipinski definition) is 4. The van der Waals surface area contributed by atoms with Gasteiger partial charge in [-0.2, -0.15) is 0 Å². The average Bonchev–Trinajstić information content (AvgIpc) is 2.84. The molecule has 1 aliphatic rings. The molecule has 0 spiro atoms. The lowest BCUT2D eigenvalue weighted by atomic mass is 9.95. The number of nitrogens with one attached hydrogen (secondary N) is 1. The molecule has 1 aliphatic carbocycles. The van der Waals surface area contributed by atoms with Crippen LogP contribution in [0.3, 0.4) is 0 Å². The Kier molecular flexibility index (Phi) is 10.2. The number of sulfonamides is 1. The van der Waals surface area contributed by atoms with E-state index in [1.54, 1.807) is 24.3 Å². The topological polar surface area (TPSA) is 86.8 Å². The smallest absolute Gasteiger partial charge is 0.244 e. The van der Waals surface area contributed by atoms with E-state index < -0.39 is 22.0 Å². The van der Waals surface area contributed by atoms with Gasteiger partial charge in [0.25, 0.3) is 0 Å². The van der Waals surface area contributed by atoms with Gasteiger partial charge >= 0.3 is 0 Å². The van der Waals surface area contributed by atoms with Gasteiger partial charge in [-0.05, 0) is 78.6 Å². The van der Waals surface area contributed by atoms with Crippen LogP contribution in [0.2, 0.25) is 0 Å². The van der Waals surface area contributed by atoms with E-state index in [2.05, 4.69) is 27.9 Å². The van der Waals surface area contributed by atoms with E-state index in [1.807, 2.05) is 38.1 Å². The molecule has 0 heterocycles. The fourth-order valence-electron chi connectivity index (χ4n) is 4.58. The summed E-state index contributed by atoms with van der Waals surface area (Å²) in [6.45, 7) is 3.72. The number of carbonyl (C=O) groups is 2. The van der Waals surface area contributed by atoms with Crippen LogP contribution in [0.25, 0.3) is 0 Å². The molecule has 36 heavy (non-hydrogen) atoms. The summed E-state index contributed by atoms with van der Waals surface area (Å²) >= 11 is 2.15. The first-order chi connectivity index (χ1) is 17.1. The summed E-state index contributed by atoms with van der Waals surface area (Å²) in [6, 6.07) is 14.2. The predicted molar refractivity (Wildman–Crippen MR) is 152 cm³/mol. The van der Waals surface area contributed by atoms with Crippen LogP contribution in [0.5, 0.6) is 0 Å². The standard InChI is InChI=1S/C27H36IN3O4S/c1-4-25(27(33)29-23-8-6-5-7-9-23)30(18-21-12-10-20(2)11-13-21)26(32)19-31(36(3,34)35)24-16-14-22(28)15-17-24/h10-17,23,25H,4-9,18-19H2,1-3H3,(H,29,33). The third kappa shape index (κ3) is 7.93. The number of nitrogens with zero attached hydrogens (tertiary/aromatic N) is 2. The number of halogens is 1. The lowest BCUT2D eigenvalue weighted by Gasteiger charge is -2.34. The summed E-state index contributed by atoms with van der Waals surface area (Å²) in [7, 11) is -3.73. The van der Waals surface area contributed by atoms with Crippen molar-refractivity contribution in [1.82, 2.24) is 10.2 Å². The highest BCUT2D eigenvalue weighted by Crippen LogP contribution is 2.22. The highest BCUT2D eigenvalue weighted by molar-refractivity contribution is 14.1. The van der Waals surface area contributed by atoms with Crippen LogP contribution >= 0.6 is 22.6 Å². The van der Waals surface area contributed by atoms with E-state index in [1.165, 1.54) is 11.3 Å². The zero-order valence-electron chi connectivity index (χ0n) is 21.2. The van der Waals surface area contributed by atoms with Crippen molar-refractivity contribution in [3.8, 4) is 0 Å². The Morgan fingerprint density at radius 1 is 1.03 bits per heavy atom. The molecule has 1 saturated carbocycles. The van der Waals surface area contributed by atoms with Gasteiger partial charge in [0.05, 0.1) is 11.9 Å². The Labute approximate surface area is 228 Å². The number of anilines is 1. The Morgan fingerprint density at radius 3 is 2.19 bits per heavy atom. The quantitative estimate of drug-likeness (QED) is 0.391. The largest absolute Gasteiger partial charge is 0.352 e. The maximum absolute atomic E-state index is 13.7. The zero-order valence-corrected chi connectivity index (χ0v) is 24.2. The second-order valence-electron chi connectivity index (χ2n) is 9.52. The van der Waals surface area contributed by atoms with Crippen LogP contribution in [0.4, 0.5) is 5.69 Å². The van der Waals surface area contributed by atoms with Crippen molar-refractivity contribution in [2.24, 2.45) is 0 Å². The van der Waals surface area contributed by atoms with Gasteiger partial charge < -0.3 is 10.2 Å². The van der Waals surface area contributed by atoms with Gasteiger partial charge in [0.15, 0.2) is 0 Å². The first-order valence-corrected chi connectivity index (χ1v) is 15.4. The van der Waals surface area contributed by atoms with Crippen molar-refractivity contribution in [2.75, 3.05) is 17.1 Å². The number of amides is 2. The third-order valence-electron chi connectivity index (χ3n) is 6.60. The molecule has 7 nitrogen and oxygen atoms in total. The highest BCUT2D eigenvalue weighted by atomic mass is 127. The maximum atomic E-state index is 13.7. The monoisotopic (exact) mass is 625 g/mol. The molecule has 1 atom stereocenters. The van der Waals surface area contributed by atoms with Crippen LogP contribution in [0, 0.1) is 10.5 Å². The first-order valence-electron chi connectivity index (χ1n) is 12.5. The second kappa shape index (κ2) is 12.9. The lowest BCUT2D eigenvalue weighted by molar-refractivity contribution is -0.140. The van der Waals surface area contributed by atoms with E-state index in [9.17, 15) is 18.0 Å². The van der Waals surface area contributed by atoms with Crippen LogP contribution in [-0.2, 0) is 26.2 Å². The van der Waals surface area contributed by atoms with Crippen molar-refractivity contribution in [3.05, 3.63) is 63.2 Å². The molecule has 2 aromatic rings. The number of benzene rings is 2. The Hall–Kier alpha value is -2.14. The molecule has 0 bridgehead atoms. The molecule has 0 saturated heterocycles. The highest BCUT2D eigenvalue weighted by Gasteiger charge is 2.32. The van der Waals surface area contributed by atoms with Crippen LogP contribution in [-0.4, -0.2) is 50.0 Å².